The number of ether oxygens (including phenoxy) is 1. The molecular formula is C17H28O2. The van der Waals surface area contributed by atoms with Crippen LogP contribution in [0.3, 0.4) is 0 Å². The van der Waals surface area contributed by atoms with E-state index >= 15 is 0 Å². The van der Waals surface area contributed by atoms with Gasteiger partial charge in [0.2, 0.25) is 0 Å². The fraction of sp³-hybridized carbons (Fsp3) is 0.941. The van der Waals surface area contributed by atoms with Crippen molar-refractivity contribution in [2.75, 3.05) is 0 Å². The van der Waals surface area contributed by atoms with Crippen molar-refractivity contribution < 1.29 is 9.53 Å². The molecule has 3 aliphatic carbocycles. The number of carbonyl (C=O) groups is 1. The molecule has 3 fully saturated rings. The first-order chi connectivity index (χ1) is 8.72. The Kier molecular flexibility index (Phi) is 2.67. The van der Waals surface area contributed by atoms with E-state index in [2.05, 4.69) is 27.7 Å². The molecule has 0 heterocycles. The molecule has 3 aliphatic rings. The van der Waals surface area contributed by atoms with E-state index in [1.165, 1.54) is 25.7 Å². The minimum absolute atomic E-state index is 0.112. The van der Waals surface area contributed by atoms with Crippen molar-refractivity contribution in [1.82, 2.24) is 0 Å². The summed E-state index contributed by atoms with van der Waals surface area (Å²) < 4.78 is 5.80. The largest absolute Gasteiger partial charge is 0.459 e. The third-order valence-electron chi connectivity index (χ3n) is 7.15. The molecule has 0 aromatic rings. The Labute approximate surface area is 117 Å². The van der Waals surface area contributed by atoms with Gasteiger partial charge < -0.3 is 4.74 Å². The van der Waals surface area contributed by atoms with Gasteiger partial charge in [-0.15, -0.1) is 0 Å². The van der Waals surface area contributed by atoms with Gasteiger partial charge in [0.25, 0.3) is 0 Å². The molecule has 3 saturated carbocycles. The van der Waals surface area contributed by atoms with E-state index in [4.69, 9.17) is 4.74 Å². The van der Waals surface area contributed by atoms with Crippen LogP contribution in [0, 0.1) is 28.6 Å². The van der Waals surface area contributed by atoms with Crippen LogP contribution < -0.4 is 0 Å². The number of hydrogen-bond donors (Lipinski definition) is 0. The molecule has 0 saturated heterocycles. The summed E-state index contributed by atoms with van der Waals surface area (Å²) in [5, 5.41) is 0. The van der Waals surface area contributed by atoms with Gasteiger partial charge in [-0.3, -0.25) is 4.79 Å². The molecule has 0 N–H and O–H groups in total. The van der Waals surface area contributed by atoms with Crippen molar-refractivity contribution in [1.29, 1.82) is 0 Å². The molecule has 3 rings (SSSR count). The van der Waals surface area contributed by atoms with Crippen molar-refractivity contribution in [3.05, 3.63) is 0 Å². The highest BCUT2D eigenvalue weighted by molar-refractivity contribution is 5.66. The number of rotatable bonds is 1. The lowest BCUT2D eigenvalue weighted by atomic mass is 9.64. The highest BCUT2D eigenvalue weighted by atomic mass is 16.6. The molecular weight excluding hydrogens is 236 g/mol. The number of hydrogen-bond acceptors (Lipinski definition) is 2. The van der Waals surface area contributed by atoms with Gasteiger partial charge in [-0.2, -0.15) is 0 Å². The lowest BCUT2D eigenvalue weighted by Gasteiger charge is -2.46. The molecule has 19 heavy (non-hydrogen) atoms. The summed E-state index contributed by atoms with van der Waals surface area (Å²) in [6, 6.07) is 0. The van der Waals surface area contributed by atoms with E-state index < -0.39 is 0 Å². The minimum Gasteiger partial charge on any atom is -0.459 e. The van der Waals surface area contributed by atoms with Gasteiger partial charge in [0, 0.05) is 12.8 Å². The van der Waals surface area contributed by atoms with Crippen molar-refractivity contribution >= 4 is 5.97 Å². The molecule has 5 atom stereocenters. The molecule has 0 unspecified atom stereocenters. The molecule has 2 nitrogen and oxygen atoms in total. The van der Waals surface area contributed by atoms with Gasteiger partial charge in [-0.25, -0.2) is 0 Å². The van der Waals surface area contributed by atoms with Crippen LogP contribution in [0.25, 0.3) is 0 Å². The Hall–Kier alpha value is -0.530. The van der Waals surface area contributed by atoms with Gasteiger partial charge >= 0.3 is 5.97 Å². The van der Waals surface area contributed by atoms with E-state index in [1.807, 2.05) is 0 Å². The molecule has 2 bridgehead atoms. The van der Waals surface area contributed by atoms with Crippen LogP contribution in [-0.4, -0.2) is 11.6 Å². The van der Waals surface area contributed by atoms with Crippen molar-refractivity contribution in [2.24, 2.45) is 28.6 Å². The Morgan fingerprint density at radius 2 is 1.79 bits per heavy atom. The molecule has 0 radical (unpaired) electrons. The fourth-order valence-electron chi connectivity index (χ4n) is 6.31. The normalized spacial score (nSPS) is 50.9. The summed E-state index contributed by atoms with van der Waals surface area (Å²) in [6.07, 6.45) is 6.35. The van der Waals surface area contributed by atoms with Crippen LogP contribution in [0.15, 0.2) is 0 Å². The monoisotopic (exact) mass is 264 g/mol. The zero-order valence-electron chi connectivity index (χ0n) is 13.1. The standard InChI is InChI=1S/C17H28O2/c1-11-6-7-13-15(3,4)14-10-17(11,13)9-8-16(14,5)19-12(2)18/h11,13-14H,6-10H2,1-5H3/t11-,13-,14-,16-,17-/m0/s1. The smallest absolute Gasteiger partial charge is 0.303 e. The van der Waals surface area contributed by atoms with Crippen molar-refractivity contribution in [2.45, 2.75) is 72.3 Å². The molecule has 0 amide bonds. The maximum Gasteiger partial charge on any atom is 0.303 e. The van der Waals surface area contributed by atoms with E-state index in [-0.39, 0.29) is 11.6 Å². The van der Waals surface area contributed by atoms with Gasteiger partial charge in [0.05, 0.1) is 0 Å². The number of carbonyl (C=O) groups excluding carboxylic acids is 1. The molecule has 108 valence electrons. The number of fused-ring (bicyclic) bond motifs is 1. The highest BCUT2D eigenvalue weighted by Gasteiger charge is 2.68. The van der Waals surface area contributed by atoms with Crippen LogP contribution in [0.1, 0.15) is 66.7 Å². The predicted octanol–water partition coefficient (Wildman–Crippen LogP) is 4.18. The summed E-state index contributed by atoms with van der Waals surface area (Å²) >= 11 is 0. The molecule has 0 aromatic carbocycles. The summed E-state index contributed by atoms with van der Waals surface area (Å²) in [4.78, 5) is 11.5. The van der Waals surface area contributed by atoms with Crippen LogP contribution in [-0.2, 0) is 9.53 Å². The molecule has 0 aliphatic heterocycles. The summed E-state index contributed by atoms with van der Waals surface area (Å²) in [5.74, 6) is 2.10. The first-order valence-corrected chi connectivity index (χ1v) is 7.92. The van der Waals surface area contributed by atoms with Crippen LogP contribution in [0.5, 0.6) is 0 Å². The second-order valence-electron chi connectivity index (χ2n) is 8.25. The van der Waals surface area contributed by atoms with Crippen LogP contribution in [0.2, 0.25) is 0 Å². The summed E-state index contributed by atoms with van der Waals surface area (Å²) in [7, 11) is 0. The van der Waals surface area contributed by atoms with Crippen LogP contribution >= 0.6 is 0 Å². The van der Waals surface area contributed by atoms with E-state index in [1.54, 1.807) is 6.92 Å². The Balaban J connectivity index is 1.99. The molecule has 1 spiro atoms. The second-order valence-corrected chi connectivity index (χ2v) is 8.25. The molecule has 0 aromatic heterocycles. The van der Waals surface area contributed by atoms with E-state index in [9.17, 15) is 4.79 Å². The summed E-state index contributed by atoms with van der Waals surface area (Å²) in [5.41, 5.74) is 0.629. The zero-order valence-corrected chi connectivity index (χ0v) is 13.1. The average molecular weight is 264 g/mol. The second kappa shape index (κ2) is 3.77. The maximum atomic E-state index is 11.5. The topological polar surface area (TPSA) is 26.3 Å². The predicted molar refractivity (Wildman–Crippen MR) is 75.6 cm³/mol. The first-order valence-electron chi connectivity index (χ1n) is 7.92. The third kappa shape index (κ3) is 1.58. The van der Waals surface area contributed by atoms with Gasteiger partial charge in [-0.05, 0) is 61.7 Å². The SMILES string of the molecule is CC(=O)O[C@@]1(C)CC[C@@]23C[C@H]1C(C)(C)[C@@H]2CC[C@@H]3C. The third-order valence-corrected chi connectivity index (χ3v) is 7.15. The first kappa shape index (κ1) is 13.5. The number of esters is 1. The van der Waals surface area contributed by atoms with Crippen molar-refractivity contribution in [3.63, 3.8) is 0 Å². The maximum absolute atomic E-state index is 11.5. The van der Waals surface area contributed by atoms with Gasteiger partial charge in [0.15, 0.2) is 0 Å². The lowest BCUT2D eigenvalue weighted by molar-refractivity contribution is -0.171. The summed E-state index contributed by atoms with van der Waals surface area (Å²) in [6.45, 7) is 11.0. The zero-order chi connectivity index (χ0) is 14.1. The average Bonchev–Trinajstić information content (AvgIpc) is 2.69. The van der Waals surface area contributed by atoms with E-state index in [0.717, 1.165) is 18.3 Å². The van der Waals surface area contributed by atoms with Crippen molar-refractivity contribution in [3.8, 4) is 0 Å². The molecule has 2 heteroatoms. The lowest BCUT2D eigenvalue weighted by Crippen LogP contribution is -2.47. The Bertz CT molecular complexity index is 413. The minimum atomic E-state index is -0.232. The van der Waals surface area contributed by atoms with Crippen LogP contribution in [0.4, 0.5) is 0 Å². The van der Waals surface area contributed by atoms with Gasteiger partial charge in [0.1, 0.15) is 5.60 Å². The Morgan fingerprint density at radius 1 is 1.11 bits per heavy atom. The fourth-order valence-corrected chi connectivity index (χ4v) is 6.31. The van der Waals surface area contributed by atoms with Gasteiger partial charge in [-0.1, -0.05) is 20.8 Å². The highest BCUT2D eigenvalue weighted by Crippen LogP contribution is 2.73. The van der Waals surface area contributed by atoms with E-state index in [0.29, 0.717) is 16.7 Å². The Morgan fingerprint density at radius 3 is 2.42 bits per heavy atom. The quantitative estimate of drug-likeness (QED) is 0.664.